The Hall–Kier alpha value is -2.00. The number of phenolic OH excluding ortho intramolecular Hbond substituents is 1. The van der Waals surface area contributed by atoms with Crippen molar-refractivity contribution in [2.45, 2.75) is 9.50 Å². The van der Waals surface area contributed by atoms with Crippen molar-refractivity contribution < 1.29 is 5.11 Å². The summed E-state index contributed by atoms with van der Waals surface area (Å²) in [6, 6.07) is 6.62. The molecule has 0 spiro atoms. The fourth-order valence-electron chi connectivity index (χ4n) is 1.28. The van der Waals surface area contributed by atoms with E-state index in [2.05, 4.69) is 24.9 Å². The van der Waals surface area contributed by atoms with Crippen molar-refractivity contribution in [1.29, 1.82) is 0 Å². The molecular formula is C9H6N6OS2. The topological polar surface area (TPSA) is 89.6 Å². The first kappa shape index (κ1) is 11.1. The van der Waals surface area contributed by atoms with Gasteiger partial charge in [0.25, 0.3) is 0 Å². The second-order valence-electron chi connectivity index (χ2n) is 3.20. The quantitative estimate of drug-likeness (QED) is 0.773. The van der Waals surface area contributed by atoms with Gasteiger partial charge in [0, 0.05) is 0 Å². The number of nitrogens with zero attached hydrogens (tertiary/aromatic N) is 6. The molecule has 18 heavy (non-hydrogen) atoms. The first-order valence-corrected chi connectivity index (χ1v) is 6.44. The summed E-state index contributed by atoms with van der Waals surface area (Å²) in [5.74, 6) is 0.199. The lowest BCUT2D eigenvalue weighted by molar-refractivity contribution is 0.475. The van der Waals surface area contributed by atoms with Gasteiger partial charge in [0.15, 0.2) is 4.34 Å². The Morgan fingerprint density at radius 3 is 2.78 bits per heavy atom. The van der Waals surface area contributed by atoms with Crippen LogP contribution < -0.4 is 0 Å². The minimum Gasteiger partial charge on any atom is -0.508 e. The van der Waals surface area contributed by atoms with Gasteiger partial charge in [-0.05, 0) is 58.0 Å². The molecule has 3 rings (SSSR count). The van der Waals surface area contributed by atoms with Crippen molar-refractivity contribution in [3.8, 4) is 11.4 Å². The number of aromatic hydroxyl groups is 1. The van der Waals surface area contributed by atoms with Crippen LogP contribution in [0.3, 0.4) is 0 Å². The predicted octanol–water partition coefficient (Wildman–Crippen LogP) is 1.37. The van der Waals surface area contributed by atoms with Gasteiger partial charge in [-0.15, -0.1) is 5.10 Å². The molecule has 3 aromatic rings. The van der Waals surface area contributed by atoms with Crippen LogP contribution in [0.5, 0.6) is 5.75 Å². The number of aromatic nitrogens is 6. The highest BCUT2D eigenvalue weighted by molar-refractivity contribution is 8.00. The Bertz CT molecular complexity index is 635. The summed E-state index contributed by atoms with van der Waals surface area (Å²) >= 11 is 2.62. The highest BCUT2D eigenvalue weighted by Gasteiger charge is 2.11. The Morgan fingerprint density at radius 2 is 2.06 bits per heavy atom. The molecule has 0 saturated heterocycles. The molecule has 2 heterocycles. The summed E-state index contributed by atoms with van der Waals surface area (Å²) in [6.07, 6.45) is 1.49. The largest absolute Gasteiger partial charge is 0.508 e. The monoisotopic (exact) mass is 278 g/mol. The SMILES string of the molecule is Oc1ccc(-n2nnnc2Sc2ncns2)cc1. The molecule has 0 fully saturated rings. The number of rotatable bonds is 3. The summed E-state index contributed by atoms with van der Waals surface area (Å²) in [6.45, 7) is 0. The highest BCUT2D eigenvalue weighted by Crippen LogP contribution is 2.27. The van der Waals surface area contributed by atoms with Gasteiger partial charge in [-0.1, -0.05) is 0 Å². The van der Waals surface area contributed by atoms with Crippen LogP contribution in [0.2, 0.25) is 0 Å². The van der Waals surface area contributed by atoms with E-state index in [4.69, 9.17) is 0 Å². The average Bonchev–Trinajstić information content (AvgIpc) is 3.02. The maximum Gasteiger partial charge on any atom is 0.221 e. The number of hydrogen-bond donors (Lipinski definition) is 1. The van der Waals surface area contributed by atoms with Crippen LogP contribution in [0.25, 0.3) is 5.69 Å². The number of hydrogen-bond acceptors (Lipinski definition) is 8. The van der Waals surface area contributed by atoms with Crippen molar-refractivity contribution in [2.24, 2.45) is 0 Å². The lowest BCUT2D eigenvalue weighted by Crippen LogP contribution is -1.98. The third kappa shape index (κ3) is 2.17. The van der Waals surface area contributed by atoms with Gasteiger partial charge in [0.05, 0.1) is 5.69 Å². The average molecular weight is 278 g/mol. The summed E-state index contributed by atoms with van der Waals surface area (Å²) in [5, 5.41) is 21.3. The Balaban J connectivity index is 1.94. The third-order valence-corrected chi connectivity index (χ3v) is 3.71. The van der Waals surface area contributed by atoms with Crippen LogP contribution in [0.1, 0.15) is 0 Å². The molecule has 0 saturated carbocycles. The van der Waals surface area contributed by atoms with Crippen molar-refractivity contribution in [1.82, 2.24) is 29.6 Å². The normalized spacial score (nSPS) is 10.7. The van der Waals surface area contributed by atoms with Gasteiger partial charge in [-0.2, -0.15) is 9.06 Å². The van der Waals surface area contributed by atoms with E-state index < -0.39 is 0 Å². The molecule has 0 bridgehead atoms. The highest BCUT2D eigenvalue weighted by atomic mass is 32.2. The molecule has 90 valence electrons. The third-order valence-electron chi connectivity index (χ3n) is 2.05. The van der Waals surface area contributed by atoms with Gasteiger partial charge in [-0.25, -0.2) is 4.98 Å². The Morgan fingerprint density at radius 1 is 1.22 bits per heavy atom. The zero-order valence-electron chi connectivity index (χ0n) is 8.83. The van der Waals surface area contributed by atoms with Crippen LogP contribution >= 0.6 is 23.3 Å². The van der Waals surface area contributed by atoms with Crippen LogP contribution in [0.15, 0.2) is 40.1 Å². The van der Waals surface area contributed by atoms with Gasteiger partial charge in [-0.3, -0.25) is 0 Å². The van der Waals surface area contributed by atoms with Crippen LogP contribution in [0.4, 0.5) is 0 Å². The maximum absolute atomic E-state index is 9.25. The second kappa shape index (κ2) is 4.70. The van der Waals surface area contributed by atoms with E-state index in [9.17, 15) is 5.11 Å². The summed E-state index contributed by atoms with van der Waals surface area (Å²) in [5.41, 5.74) is 0.768. The molecular weight excluding hydrogens is 272 g/mol. The fourth-order valence-corrected chi connectivity index (χ4v) is 2.63. The minimum absolute atomic E-state index is 0.199. The van der Waals surface area contributed by atoms with E-state index in [1.807, 2.05) is 0 Å². The van der Waals surface area contributed by atoms with E-state index in [-0.39, 0.29) is 5.75 Å². The molecule has 2 aromatic heterocycles. The Labute approximate surface area is 110 Å². The van der Waals surface area contributed by atoms with E-state index in [1.54, 1.807) is 28.9 Å². The van der Waals surface area contributed by atoms with E-state index in [0.29, 0.717) is 5.16 Å². The lowest BCUT2D eigenvalue weighted by atomic mass is 10.3. The van der Waals surface area contributed by atoms with E-state index >= 15 is 0 Å². The minimum atomic E-state index is 0.199. The summed E-state index contributed by atoms with van der Waals surface area (Å²) in [7, 11) is 0. The number of tetrazole rings is 1. The zero-order valence-corrected chi connectivity index (χ0v) is 10.5. The zero-order chi connectivity index (χ0) is 12.4. The van der Waals surface area contributed by atoms with Gasteiger partial charge >= 0.3 is 0 Å². The van der Waals surface area contributed by atoms with Crippen LogP contribution in [-0.2, 0) is 0 Å². The molecule has 0 radical (unpaired) electrons. The maximum atomic E-state index is 9.25. The molecule has 0 aliphatic heterocycles. The molecule has 1 aromatic carbocycles. The molecule has 7 nitrogen and oxygen atoms in total. The molecule has 1 N–H and O–H groups in total. The first-order valence-electron chi connectivity index (χ1n) is 4.85. The smallest absolute Gasteiger partial charge is 0.221 e. The summed E-state index contributed by atoms with van der Waals surface area (Å²) < 4.78 is 6.26. The molecule has 0 unspecified atom stereocenters. The molecule has 0 aliphatic carbocycles. The van der Waals surface area contributed by atoms with Gasteiger partial charge in [0.2, 0.25) is 5.16 Å². The van der Waals surface area contributed by atoms with Gasteiger partial charge < -0.3 is 5.11 Å². The van der Waals surface area contributed by atoms with Crippen molar-refractivity contribution in [2.75, 3.05) is 0 Å². The standard InChI is InChI=1S/C9H6N6OS2/c16-7-3-1-6(2-4-7)15-8(12-13-14-15)17-9-10-5-11-18-9/h1-5,16H. The lowest BCUT2D eigenvalue weighted by Gasteiger charge is -2.02. The number of phenols is 1. The predicted molar refractivity (Wildman–Crippen MR) is 64.9 cm³/mol. The fraction of sp³-hybridized carbons (Fsp3) is 0. The van der Waals surface area contributed by atoms with Crippen molar-refractivity contribution in [3.63, 3.8) is 0 Å². The first-order chi connectivity index (χ1) is 8.83. The van der Waals surface area contributed by atoms with Gasteiger partial charge in [0.1, 0.15) is 12.1 Å². The van der Waals surface area contributed by atoms with Crippen molar-refractivity contribution >= 4 is 23.3 Å². The Kier molecular flexibility index (Phi) is 2.90. The molecule has 0 amide bonds. The number of benzene rings is 1. The van der Waals surface area contributed by atoms with Crippen LogP contribution in [0, 0.1) is 0 Å². The molecule has 9 heteroatoms. The van der Waals surface area contributed by atoms with E-state index in [0.717, 1.165) is 10.0 Å². The van der Waals surface area contributed by atoms with Crippen molar-refractivity contribution in [3.05, 3.63) is 30.6 Å². The molecule has 0 aliphatic rings. The van der Waals surface area contributed by atoms with Crippen LogP contribution in [-0.4, -0.2) is 34.7 Å². The second-order valence-corrected chi connectivity index (χ2v) is 5.19. The van der Waals surface area contributed by atoms with E-state index in [1.165, 1.54) is 29.6 Å². The summed E-state index contributed by atoms with van der Waals surface area (Å²) in [4.78, 5) is 4.06. The molecule has 0 atom stereocenters.